The molecule has 1 saturated carbocycles. The number of hydrogen-bond donors (Lipinski definition) is 2. The molecule has 1 heterocycles. The molecule has 134 valence electrons. The fourth-order valence-corrected chi connectivity index (χ4v) is 3.73. The quantitative estimate of drug-likeness (QED) is 0.470. The standard InChI is InChI=1S/C20H30O4/c1-2-3-8-12-18-16-14-17(21)20(24-18)15(16)11-9-6-4-5-7-10-13-19(22)23/h3-5,8-9,11,15-18,20-21H,2,6-7,10,12-14H2,1H3,(H,22,23)/b5-4-,8-3-,11-9-/t15-,16+,17+,18+,20+/m1/s1. The van der Waals surface area contributed by atoms with Crippen LogP contribution in [0.3, 0.4) is 0 Å². The Morgan fingerprint density at radius 2 is 2.04 bits per heavy atom. The van der Waals surface area contributed by atoms with Crippen molar-refractivity contribution in [2.45, 2.75) is 70.2 Å². The molecule has 0 amide bonds. The summed E-state index contributed by atoms with van der Waals surface area (Å²) in [4.78, 5) is 10.4. The van der Waals surface area contributed by atoms with Crippen LogP contribution in [-0.4, -0.2) is 34.5 Å². The second-order valence-corrected chi connectivity index (χ2v) is 6.72. The summed E-state index contributed by atoms with van der Waals surface area (Å²) in [5, 5.41) is 18.7. The molecule has 2 N–H and O–H groups in total. The Morgan fingerprint density at radius 3 is 2.79 bits per heavy atom. The summed E-state index contributed by atoms with van der Waals surface area (Å²) in [6.07, 6.45) is 18.1. The molecule has 0 spiro atoms. The topological polar surface area (TPSA) is 66.8 Å². The molecule has 2 rings (SSSR count). The van der Waals surface area contributed by atoms with Gasteiger partial charge in [-0.25, -0.2) is 0 Å². The maximum Gasteiger partial charge on any atom is 0.303 e. The highest BCUT2D eigenvalue weighted by atomic mass is 16.5. The van der Waals surface area contributed by atoms with E-state index in [4.69, 9.17) is 9.84 Å². The van der Waals surface area contributed by atoms with E-state index in [9.17, 15) is 9.90 Å². The molecule has 0 radical (unpaired) electrons. The lowest BCUT2D eigenvalue weighted by Crippen LogP contribution is -2.30. The highest BCUT2D eigenvalue weighted by molar-refractivity contribution is 5.66. The number of aliphatic hydroxyl groups is 1. The Hall–Kier alpha value is -1.39. The van der Waals surface area contributed by atoms with Gasteiger partial charge in [-0.15, -0.1) is 0 Å². The van der Waals surface area contributed by atoms with Crippen molar-refractivity contribution in [3.05, 3.63) is 36.5 Å². The molecule has 1 saturated heterocycles. The molecular weight excluding hydrogens is 304 g/mol. The normalized spacial score (nSPS) is 32.7. The van der Waals surface area contributed by atoms with Crippen LogP contribution in [0.1, 0.15) is 51.9 Å². The molecule has 4 nitrogen and oxygen atoms in total. The lowest BCUT2D eigenvalue weighted by molar-refractivity contribution is -0.137. The van der Waals surface area contributed by atoms with Crippen molar-refractivity contribution in [1.29, 1.82) is 0 Å². The summed E-state index contributed by atoms with van der Waals surface area (Å²) >= 11 is 0. The van der Waals surface area contributed by atoms with Gasteiger partial charge in [-0.3, -0.25) is 4.79 Å². The van der Waals surface area contributed by atoms with Crippen molar-refractivity contribution in [1.82, 2.24) is 0 Å². The fourth-order valence-electron chi connectivity index (χ4n) is 3.73. The Morgan fingerprint density at radius 1 is 1.21 bits per heavy atom. The highest BCUT2D eigenvalue weighted by Crippen LogP contribution is 2.47. The summed E-state index contributed by atoms with van der Waals surface area (Å²) < 4.78 is 6.04. The molecule has 2 aliphatic rings. The number of fused-ring (bicyclic) bond motifs is 2. The van der Waals surface area contributed by atoms with Crippen LogP contribution in [-0.2, 0) is 9.53 Å². The van der Waals surface area contributed by atoms with Crippen LogP contribution in [0.5, 0.6) is 0 Å². The Kier molecular flexibility index (Phi) is 7.73. The zero-order chi connectivity index (χ0) is 17.4. The lowest BCUT2D eigenvalue weighted by atomic mass is 9.90. The van der Waals surface area contributed by atoms with E-state index < -0.39 is 5.97 Å². The van der Waals surface area contributed by atoms with E-state index in [-0.39, 0.29) is 24.7 Å². The van der Waals surface area contributed by atoms with Gasteiger partial charge in [0, 0.05) is 12.3 Å². The molecule has 1 aliphatic heterocycles. The molecule has 1 aliphatic carbocycles. The monoisotopic (exact) mass is 334 g/mol. The van der Waals surface area contributed by atoms with Crippen molar-refractivity contribution in [3.8, 4) is 0 Å². The van der Waals surface area contributed by atoms with Gasteiger partial charge in [-0.05, 0) is 44.4 Å². The van der Waals surface area contributed by atoms with Crippen molar-refractivity contribution < 1.29 is 19.7 Å². The largest absolute Gasteiger partial charge is 0.481 e. The van der Waals surface area contributed by atoms with Gasteiger partial charge < -0.3 is 14.9 Å². The molecule has 4 heteroatoms. The minimum atomic E-state index is -0.734. The molecule has 5 atom stereocenters. The predicted octanol–water partition coefficient (Wildman–Crippen LogP) is 3.86. The van der Waals surface area contributed by atoms with Gasteiger partial charge in [0.1, 0.15) is 0 Å². The fraction of sp³-hybridized carbons (Fsp3) is 0.650. The van der Waals surface area contributed by atoms with Crippen molar-refractivity contribution >= 4 is 5.97 Å². The van der Waals surface area contributed by atoms with Crippen LogP contribution in [0, 0.1) is 11.8 Å². The molecule has 24 heavy (non-hydrogen) atoms. The first-order valence-electron chi connectivity index (χ1n) is 9.15. The Balaban J connectivity index is 1.74. The number of ether oxygens (including phenoxy) is 1. The minimum Gasteiger partial charge on any atom is -0.481 e. The van der Waals surface area contributed by atoms with Crippen LogP contribution in [0.25, 0.3) is 0 Å². The van der Waals surface area contributed by atoms with Gasteiger partial charge in [0.05, 0.1) is 18.3 Å². The van der Waals surface area contributed by atoms with Gasteiger partial charge in [0.25, 0.3) is 0 Å². The average Bonchev–Trinajstić information content (AvgIpc) is 3.03. The number of aliphatic hydroxyl groups excluding tert-OH is 1. The maximum absolute atomic E-state index is 10.4. The summed E-state index contributed by atoms with van der Waals surface area (Å²) in [5.41, 5.74) is 0. The Bertz CT molecular complexity index is 480. The molecule has 0 aromatic carbocycles. The van der Waals surface area contributed by atoms with Crippen LogP contribution in [0.15, 0.2) is 36.5 Å². The van der Waals surface area contributed by atoms with Crippen molar-refractivity contribution in [2.75, 3.05) is 0 Å². The first-order chi connectivity index (χ1) is 11.6. The summed E-state index contributed by atoms with van der Waals surface area (Å²) in [5.74, 6) is 0.00429. The van der Waals surface area contributed by atoms with E-state index in [2.05, 4.69) is 37.3 Å². The third-order valence-electron chi connectivity index (χ3n) is 4.91. The molecule has 0 unspecified atom stereocenters. The van der Waals surface area contributed by atoms with E-state index in [1.165, 1.54) is 0 Å². The number of carbonyl (C=O) groups is 1. The highest BCUT2D eigenvalue weighted by Gasteiger charge is 2.52. The summed E-state index contributed by atoms with van der Waals surface area (Å²) in [6, 6.07) is 0. The molecule has 2 bridgehead atoms. The molecular formula is C20H30O4. The smallest absolute Gasteiger partial charge is 0.303 e. The number of unbranched alkanes of at least 4 members (excludes halogenated alkanes) is 1. The molecule has 2 fully saturated rings. The first kappa shape index (κ1) is 18.9. The lowest BCUT2D eigenvalue weighted by Gasteiger charge is -2.24. The van der Waals surface area contributed by atoms with Crippen molar-refractivity contribution in [3.63, 3.8) is 0 Å². The van der Waals surface area contributed by atoms with E-state index in [1.54, 1.807) is 0 Å². The summed E-state index contributed by atoms with van der Waals surface area (Å²) in [7, 11) is 0. The number of hydrogen-bond acceptors (Lipinski definition) is 3. The first-order valence-corrected chi connectivity index (χ1v) is 9.15. The van der Waals surface area contributed by atoms with E-state index in [1.807, 2.05) is 6.08 Å². The number of carboxylic acid groups (broad SMARTS) is 1. The second kappa shape index (κ2) is 9.80. The van der Waals surface area contributed by atoms with Gasteiger partial charge in [-0.1, -0.05) is 43.4 Å². The van der Waals surface area contributed by atoms with E-state index >= 15 is 0 Å². The molecule has 0 aromatic heterocycles. The van der Waals surface area contributed by atoms with Crippen LogP contribution in [0.2, 0.25) is 0 Å². The third-order valence-corrected chi connectivity index (χ3v) is 4.91. The SMILES string of the molecule is CC/C=C\C[C@@H]1O[C@H]2[C@H](/C=C\C/C=C\CCCC(=O)O)[C@@H]1C[C@@H]2O. The van der Waals surface area contributed by atoms with E-state index in [0.717, 1.165) is 32.1 Å². The van der Waals surface area contributed by atoms with Gasteiger partial charge in [0.15, 0.2) is 0 Å². The maximum atomic E-state index is 10.4. The van der Waals surface area contributed by atoms with Gasteiger partial charge in [-0.2, -0.15) is 0 Å². The van der Waals surface area contributed by atoms with Gasteiger partial charge >= 0.3 is 5.97 Å². The molecule has 0 aromatic rings. The average molecular weight is 334 g/mol. The third kappa shape index (κ3) is 5.32. The number of aliphatic carboxylic acids is 1. The van der Waals surface area contributed by atoms with Crippen molar-refractivity contribution in [2.24, 2.45) is 11.8 Å². The van der Waals surface area contributed by atoms with E-state index in [0.29, 0.717) is 18.3 Å². The zero-order valence-corrected chi connectivity index (χ0v) is 14.5. The van der Waals surface area contributed by atoms with Crippen LogP contribution < -0.4 is 0 Å². The number of allylic oxidation sites excluding steroid dienone is 4. The number of rotatable bonds is 10. The minimum absolute atomic E-state index is 0.0502. The van der Waals surface area contributed by atoms with Crippen LogP contribution in [0.4, 0.5) is 0 Å². The predicted molar refractivity (Wildman–Crippen MR) is 94.7 cm³/mol. The number of carboxylic acids is 1. The van der Waals surface area contributed by atoms with Gasteiger partial charge in [0.2, 0.25) is 0 Å². The zero-order valence-electron chi connectivity index (χ0n) is 14.5. The van der Waals surface area contributed by atoms with Crippen LogP contribution >= 0.6 is 0 Å². The second-order valence-electron chi connectivity index (χ2n) is 6.72. The Labute approximate surface area is 144 Å². The summed E-state index contributed by atoms with van der Waals surface area (Å²) in [6.45, 7) is 2.13.